The van der Waals surface area contributed by atoms with Crippen molar-refractivity contribution in [1.82, 2.24) is 19.1 Å². The molecule has 1 amide bonds. The second kappa shape index (κ2) is 13.6. The Morgan fingerprint density at radius 2 is 1.57 bits per heavy atom. The normalized spacial score (nSPS) is 11.9. The number of hydrogen-bond acceptors (Lipinski definition) is 6. The SMILES string of the molecule is CCn1c(CCCc2ccc(-c3ccc(OC)c(CC(=O)NS(C)(=O)=O)c3)cc2)nn(Cc2ccc(C(C)(C)C)cc2)c1=O. The molecule has 9 nitrogen and oxygen atoms in total. The summed E-state index contributed by atoms with van der Waals surface area (Å²) in [5, 5.41) is 4.69. The monoisotopic (exact) mass is 618 g/mol. The third-order valence-corrected chi connectivity index (χ3v) is 8.15. The van der Waals surface area contributed by atoms with Gasteiger partial charge in [-0.3, -0.25) is 14.1 Å². The lowest BCUT2D eigenvalue weighted by molar-refractivity contribution is -0.118. The van der Waals surface area contributed by atoms with Crippen molar-refractivity contribution in [2.24, 2.45) is 0 Å². The highest BCUT2D eigenvalue weighted by atomic mass is 32.2. The second-order valence-corrected chi connectivity index (χ2v) is 13.8. The minimum Gasteiger partial charge on any atom is -0.496 e. The molecular weight excluding hydrogens is 576 g/mol. The van der Waals surface area contributed by atoms with E-state index in [2.05, 4.69) is 62.3 Å². The number of amides is 1. The molecule has 0 saturated heterocycles. The number of hydrogen-bond donors (Lipinski definition) is 1. The predicted octanol–water partition coefficient (Wildman–Crippen LogP) is 4.88. The van der Waals surface area contributed by atoms with Crippen molar-refractivity contribution in [2.45, 2.75) is 71.9 Å². The van der Waals surface area contributed by atoms with Gasteiger partial charge in [0.2, 0.25) is 15.9 Å². The molecule has 0 aliphatic heterocycles. The number of nitrogens with one attached hydrogen (secondary N) is 1. The molecule has 1 N–H and O–H groups in total. The van der Waals surface area contributed by atoms with E-state index in [-0.39, 0.29) is 17.5 Å². The lowest BCUT2D eigenvalue weighted by atomic mass is 9.87. The Kier molecular flexibility index (Phi) is 10.1. The van der Waals surface area contributed by atoms with Gasteiger partial charge in [0.15, 0.2) is 0 Å². The van der Waals surface area contributed by atoms with Crippen molar-refractivity contribution in [3.63, 3.8) is 0 Å². The van der Waals surface area contributed by atoms with Crippen LogP contribution in [0.4, 0.5) is 0 Å². The molecule has 0 fully saturated rings. The van der Waals surface area contributed by atoms with Crippen LogP contribution in [0.3, 0.4) is 0 Å². The molecule has 0 aliphatic rings. The number of carbonyl (C=O) groups excluding carboxylic acids is 1. The fourth-order valence-corrected chi connectivity index (χ4v) is 5.69. The molecule has 4 rings (SSSR count). The average molecular weight is 619 g/mol. The maximum absolute atomic E-state index is 13.0. The number of rotatable bonds is 12. The van der Waals surface area contributed by atoms with Crippen molar-refractivity contribution in [3.05, 3.63) is 105 Å². The van der Waals surface area contributed by atoms with Gasteiger partial charge in [0.25, 0.3) is 0 Å². The van der Waals surface area contributed by atoms with Crippen molar-refractivity contribution in [2.75, 3.05) is 13.4 Å². The van der Waals surface area contributed by atoms with Crippen LogP contribution in [0.15, 0.2) is 71.5 Å². The molecule has 1 aromatic heterocycles. The molecule has 0 saturated carbocycles. The van der Waals surface area contributed by atoms with E-state index in [1.54, 1.807) is 15.3 Å². The quantitative estimate of drug-likeness (QED) is 0.242. The minimum atomic E-state index is -3.64. The van der Waals surface area contributed by atoms with Crippen LogP contribution < -0.4 is 15.1 Å². The van der Waals surface area contributed by atoms with Gasteiger partial charge in [-0.05, 0) is 65.1 Å². The number of nitrogens with zero attached hydrogens (tertiary/aromatic N) is 3. The number of ether oxygens (including phenoxy) is 1. The summed E-state index contributed by atoms with van der Waals surface area (Å²) in [5.74, 6) is 0.693. The zero-order valence-corrected chi connectivity index (χ0v) is 27.2. The number of methoxy groups -OCH3 is 1. The lowest BCUT2D eigenvalue weighted by Crippen LogP contribution is -2.30. The summed E-state index contributed by atoms with van der Waals surface area (Å²) >= 11 is 0. The smallest absolute Gasteiger partial charge is 0.346 e. The van der Waals surface area contributed by atoms with Crippen LogP contribution in [0.2, 0.25) is 0 Å². The molecule has 1 heterocycles. The highest BCUT2D eigenvalue weighted by molar-refractivity contribution is 7.89. The molecule has 234 valence electrons. The third kappa shape index (κ3) is 8.47. The topological polar surface area (TPSA) is 112 Å². The highest BCUT2D eigenvalue weighted by Gasteiger charge is 2.16. The van der Waals surface area contributed by atoms with Gasteiger partial charge >= 0.3 is 5.69 Å². The van der Waals surface area contributed by atoms with Gasteiger partial charge in [0.05, 0.1) is 26.3 Å². The molecule has 0 bridgehead atoms. The summed E-state index contributed by atoms with van der Waals surface area (Å²) in [5.41, 5.74) is 5.92. The molecule has 0 radical (unpaired) electrons. The first kappa shape index (κ1) is 32.7. The fourth-order valence-electron chi connectivity index (χ4n) is 5.20. The molecule has 10 heteroatoms. The second-order valence-electron chi connectivity index (χ2n) is 12.1. The van der Waals surface area contributed by atoms with Gasteiger partial charge < -0.3 is 4.74 Å². The number of aryl methyl sites for hydroxylation is 2. The Morgan fingerprint density at radius 3 is 2.16 bits per heavy atom. The number of aromatic nitrogens is 3. The molecule has 0 spiro atoms. The van der Waals surface area contributed by atoms with Crippen LogP contribution in [-0.4, -0.2) is 42.0 Å². The van der Waals surface area contributed by atoms with Gasteiger partial charge in [-0.15, -0.1) is 0 Å². The summed E-state index contributed by atoms with van der Waals surface area (Å²) < 4.78 is 33.6. The van der Waals surface area contributed by atoms with E-state index in [4.69, 9.17) is 4.74 Å². The predicted molar refractivity (Wildman–Crippen MR) is 174 cm³/mol. The number of benzene rings is 3. The molecule has 3 aromatic carbocycles. The van der Waals surface area contributed by atoms with Crippen molar-refractivity contribution < 1.29 is 17.9 Å². The Morgan fingerprint density at radius 1 is 0.932 bits per heavy atom. The Bertz CT molecular complexity index is 1760. The van der Waals surface area contributed by atoms with E-state index >= 15 is 0 Å². The average Bonchev–Trinajstić information content (AvgIpc) is 3.25. The van der Waals surface area contributed by atoms with E-state index in [0.29, 0.717) is 30.8 Å². The summed E-state index contributed by atoms with van der Waals surface area (Å²) in [4.78, 5) is 25.3. The number of sulfonamides is 1. The molecular formula is C34H42N4O5S. The van der Waals surface area contributed by atoms with Gasteiger partial charge in [0.1, 0.15) is 11.6 Å². The summed E-state index contributed by atoms with van der Waals surface area (Å²) in [7, 11) is -2.13. The van der Waals surface area contributed by atoms with Gasteiger partial charge in [-0.1, -0.05) is 75.4 Å². The van der Waals surface area contributed by atoms with Crippen LogP contribution in [-0.2, 0) is 52.6 Å². The summed E-state index contributed by atoms with van der Waals surface area (Å²) in [6.45, 7) is 9.54. The van der Waals surface area contributed by atoms with Gasteiger partial charge in [0, 0.05) is 18.5 Å². The number of carbonyl (C=O) groups is 1. The molecule has 0 atom stereocenters. The van der Waals surface area contributed by atoms with Crippen molar-refractivity contribution in [3.8, 4) is 16.9 Å². The summed E-state index contributed by atoms with van der Waals surface area (Å²) in [6.07, 6.45) is 3.20. The van der Waals surface area contributed by atoms with Crippen LogP contribution in [0.25, 0.3) is 11.1 Å². The van der Waals surface area contributed by atoms with Crippen LogP contribution in [0.5, 0.6) is 5.75 Å². The van der Waals surface area contributed by atoms with Crippen molar-refractivity contribution in [1.29, 1.82) is 0 Å². The molecule has 4 aromatic rings. The van der Waals surface area contributed by atoms with Crippen molar-refractivity contribution >= 4 is 15.9 Å². The fraction of sp³-hybridized carbons (Fsp3) is 0.382. The van der Waals surface area contributed by atoms with Gasteiger partial charge in [-0.25, -0.2) is 17.9 Å². The largest absolute Gasteiger partial charge is 0.496 e. The van der Waals surface area contributed by atoms with E-state index in [1.165, 1.54) is 18.2 Å². The first-order valence-corrected chi connectivity index (χ1v) is 16.7. The van der Waals surface area contributed by atoms with E-state index in [0.717, 1.165) is 41.6 Å². The molecule has 44 heavy (non-hydrogen) atoms. The highest BCUT2D eigenvalue weighted by Crippen LogP contribution is 2.28. The zero-order chi connectivity index (χ0) is 32.1. The Labute approximate surface area is 259 Å². The first-order valence-electron chi connectivity index (χ1n) is 14.8. The van der Waals surface area contributed by atoms with Gasteiger partial charge in [-0.2, -0.15) is 5.10 Å². The molecule has 0 aliphatic carbocycles. The van der Waals surface area contributed by atoms with E-state index in [9.17, 15) is 18.0 Å². The first-order chi connectivity index (χ1) is 20.8. The maximum atomic E-state index is 13.0. The zero-order valence-electron chi connectivity index (χ0n) is 26.4. The van der Waals surface area contributed by atoms with Crippen LogP contribution in [0, 0.1) is 0 Å². The standard InChI is InChI=1S/C34H42N4O5S/c1-7-37-31(35-38(33(37)40)23-25-13-18-29(19-14-25)34(2,3)4)10-8-9-24-11-15-26(16-12-24)27-17-20-30(43-5)28(21-27)22-32(39)36-44(6,41)42/h11-21H,7-10,22-23H2,1-6H3,(H,36,39). The van der Waals surface area contributed by atoms with E-state index in [1.807, 2.05) is 35.9 Å². The Balaban J connectivity index is 1.40. The van der Waals surface area contributed by atoms with E-state index < -0.39 is 15.9 Å². The third-order valence-electron chi connectivity index (χ3n) is 7.55. The minimum absolute atomic E-state index is 0.0777. The van der Waals surface area contributed by atoms with Crippen LogP contribution >= 0.6 is 0 Å². The summed E-state index contributed by atoms with van der Waals surface area (Å²) in [6, 6.07) is 22.1. The molecule has 0 unspecified atom stereocenters. The van der Waals surface area contributed by atoms with Crippen LogP contribution in [0.1, 0.15) is 62.2 Å². The lowest BCUT2D eigenvalue weighted by Gasteiger charge is -2.19. The maximum Gasteiger partial charge on any atom is 0.346 e. The Hall–Kier alpha value is -4.18.